The Hall–Kier alpha value is -1.55. The summed E-state index contributed by atoms with van der Waals surface area (Å²) >= 11 is 12.0. The number of hydrogen-bond donors (Lipinski definition) is 1. The lowest BCUT2D eigenvalue weighted by molar-refractivity contribution is 0.0911. The zero-order valence-corrected chi connectivity index (χ0v) is 14.8. The highest BCUT2D eigenvalue weighted by Gasteiger charge is 2.24. The van der Waals surface area contributed by atoms with Gasteiger partial charge >= 0.3 is 0 Å². The van der Waals surface area contributed by atoms with Crippen LogP contribution in [0, 0.1) is 0 Å². The minimum Gasteiger partial charge on any atom is -0.380 e. The molecule has 0 aliphatic rings. The Bertz CT molecular complexity index is 714. The Balaban J connectivity index is 2.20. The van der Waals surface area contributed by atoms with E-state index in [2.05, 4.69) is 5.32 Å². The first-order valence-corrected chi connectivity index (χ1v) is 7.95. The van der Waals surface area contributed by atoms with Gasteiger partial charge in [-0.25, -0.2) is 0 Å². The molecular formula is C18H19Cl2NO2. The minimum atomic E-state index is -0.581. The van der Waals surface area contributed by atoms with Gasteiger partial charge < -0.3 is 10.1 Å². The van der Waals surface area contributed by atoms with Crippen molar-refractivity contribution in [1.82, 2.24) is 5.32 Å². The standard InChI is InChI=1S/C18H19Cl2NO2/c1-18(2,14-7-8-15(19)16(20)10-14)21-17(22)13-6-4-5-12(9-13)11-23-3/h4-10H,11H2,1-3H3,(H,21,22). The number of carbonyl (C=O) groups excluding carboxylic acids is 1. The number of halogens is 2. The van der Waals surface area contributed by atoms with Crippen LogP contribution in [0.1, 0.15) is 35.3 Å². The fourth-order valence-corrected chi connectivity index (χ4v) is 2.58. The summed E-state index contributed by atoms with van der Waals surface area (Å²) in [5.74, 6) is -0.154. The third-order valence-electron chi connectivity index (χ3n) is 3.57. The smallest absolute Gasteiger partial charge is 0.251 e. The molecule has 122 valence electrons. The number of methoxy groups -OCH3 is 1. The molecule has 2 aromatic rings. The van der Waals surface area contributed by atoms with Gasteiger partial charge in [0.25, 0.3) is 5.91 Å². The van der Waals surface area contributed by atoms with E-state index in [1.807, 2.05) is 38.1 Å². The van der Waals surface area contributed by atoms with Crippen LogP contribution in [0.25, 0.3) is 0 Å². The highest BCUT2D eigenvalue weighted by molar-refractivity contribution is 6.42. The maximum atomic E-state index is 12.5. The van der Waals surface area contributed by atoms with E-state index >= 15 is 0 Å². The maximum Gasteiger partial charge on any atom is 0.251 e. The summed E-state index contributed by atoms with van der Waals surface area (Å²) in [6.07, 6.45) is 0. The van der Waals surface area contributed by atoms with Gasteiger partial charge in [-0.1, -0.05) is 41.4 Å². The largest absolute Gasteiger partial charge is 0.380 e. The first kappa shape index (κ1) is 17.8. The van der Waals surface area contributed by atoms with Crippen molar-refractivity contribution < 1.29 is 9.53 Å². The fourth-order valence-electron chi connectivity index (χ4n) is 2.28. The van der Waals surface area contributed by atoms with Gasteiger partial charge in [-0.3, -0.25) is 4.79 Å². The molecule has 3 nitrogen and oxygen atoms in total. The van der Waals surface area contributed by atoms with Crippen molar-refractivity contribution >= 4 is 29.1 Å². The molecule has 2 aromatic carbocycles. The molecule has 0 unspecified atom stereocenters. The first-order valence-electron chi connectivity index (χ1n) is 7.19. The Morgan fingerprint density at radius 3 is 2.52 bits per heavy atom. The van der Waals surface area contributed by atoms with Crippen molar-refractivity contribution in [3.63, 3.8) is 0 Å². The highest BCUT2D eigenvalue weighted by Crippen LogP contribution is 2.28. The monoisotopic (exact) mass is 351 g/mol. The van der Waals surface area contributed by atoms with Crippen LogP contribution < -0.4 is 5.32 Å². The summed E-state index contributed by atoms with van der Waals surface area (Å²) in [6, 6.07) is 12.7. The van der Waals surface area contributed by atoms with Crippen LogP contribution in [0.2, 0.25) is 10.0 Å². The maximum absolute atomic E-state index is 12.5. The number of carbonyl (C=O) groups is 1. The number of amides is 1. The Morgan fingerprint density at radius 2 is 1.87 bits per heavy atom. The van der Waals surface area contributed by atoms with E-state index in [-0.39, 0.29) is 5.91 Å². The summed E-state index contributed by atoms with van der Waals surface area (Å²) in [5, 5.41) is 3.98. The molecule has 0 bridgehead atoms. The van der Waals surface area contributed by atoms with Gasteiger partial charge in [-0.05, 0) is 49.2 Å². The average Bonchev–Trinajstić information content (AvgIpc) is 2.50. The van der Waals surface area contributed by atoms with Gasteiger partial charge in [-0.15, -0.1) is 0 Å². The second kappa shape index (κ2) is 7.35. The van der Waals surface area contributed by atoms with Crippen molar-refractivity contribution in [2.75, 3.05) is 7.11 Å². The molecule has 5 heteroatoms. The minimum absolute atomic E-state index is 0.154. The molecule has 0 heterocycles. The lowest BCUT2D eigenvalue weighted by Gasteiger charge is -2.27. The number of hydrogen-bond acceptors (Lipinski definition) is 2. The SMILES string of the molecule is COCc1cccc(C(=O)NC(C)(C)c2ccc(Cl)c(Cl)c2)c1. The van der Waals surface area contributed by atoms with Gasteiger partial charge in [-0.2, -0.15) is 0 Å². The second-order valence-electron chi connectivity index (χ2n) is 5.84. The van der Waals surface area contributed by atoms with Crippen molar-refractivity contribution in [2.24, 2.45) is 0 Å². The third kappa shape index (κ3) is 4.47. The van der Waals surface area contributed by atoms with Crippen molar-refractivity contribution in [3.05, 3.63) is 69.2 Å². The summed E-state index contributed by atoms with van der Waals surface area (Å²) < 4.78 is 5.10. The van der Waals surface area contributed by atoms with Gasteiger partial charge in [0.2, 0.25) is 0 Å². The van der Waals surface area contributed by atoms with Gasteiger partial charge in [0.1, 0.15) is 0 Å². The molecule has 23 heavy (non-hydrogen) atoms. The van der Waals surface area contributed by atoms with E-state index < -0.39 is 5.54 Å². The molecule has 2 rings (SSSR count). The van der Waals surface area contributed by atoms with Crippen LogP contribution in [-0.4, -0.2) is 13.0 Å². The van der Waals surface area contributed by atoms with Crippen LogP contribution in [-0.2, 0) is 16.9 Å². The molecule has 0 saturated heterocycles. The van der Waals surface area contributed by atoms with E-state index in [0.717, 1.165) is 11.1 Å². The molecular weight excluding hydrogens is 333 g/mol. The number of ether oxygens (including phenoxy) is 1. The Labute approximate surface area is 146 Å². The molecule has 0 aliphatic carbocycles. The van der Waals surface area contributed by atoms with Crippen LogP contribution >= 0.6 is 23.2 Å². The van der Waals surface area contributed by atoms with E-state index in [4.69, 9.17) is 27.9 Å². The fraction of sp³-hybridized carbons (Fsp3) is 0.278. The number of rotatable bonds is 5. The third-order valence-corrected chi connectivity index (χ3v) is 4.31. The van der Waals surface area contributed by atoms with Crippen LogP contribution in [0.5, 0.6) is 0 Å². The molecule has 0 aromatic heterocycles. The lowest BCUT2D eigenvalue weighted by Crippen LogP contribution is -2.41. The number of nitrogens with one attached hydrogen (secondary N) is 1. The van der Waals surface area contributed by atoms with E-state index in [1.165, 1.54) is 0 Å². The second-order valence-corrected chi connectivity index (χ2v) is 6.66. The van der Waals surface area contributed by atoms with Gasteiger partial charge in [0.05, 0.1) is 22.2 Å². The predicted molar refractivity (Wildman–Crippen MR) is 94.1 cm³/mol. The average molecular weight is 352 g/mol. The summed E-state index contributed by atoms with van der Waals surface area (Å²) in [6.45, 7) is 4.31. The Morgan fingerprint density at radius 1 is 1.13 bits per heavy atom. The predicted octanol–water partition coefficient (Wildman–Crippen LogP) is 4.80. The molecule has 0 atom stereocenters. The summed E-state index contributed by atoms with van der Waals surface area (Å²) in [4.78, 5) is 12.5. The molecule has 1 amide bonds. The lowest BCUT2D eigenvalue weighted by atomic mass is 9.93. The molecule has 0 radical (unpaired) electrons. The van der Waals surface area contributed by atoms with Crippen LogP contribution in [0.3, 0.4) is 0 Å². The van der Waals surface area contributed by atoms with E-state index in [9.17, 15) is 4.79 Å². The summed E-state index contributed by atoms with van der Waals surface area (Å²) in [7, 11) is 1.63. The zero-order valence-electron chi connectivity index (χ0n) is 13.3. The summed E-state index contributed by atoms with van der Waals surface area (Å²) in [5.41, 5.74) is 1.84. The van der Waals surface area contributed by atoms with Crippen molar-refractivity contribution in [2.45, 2.75) is 26.0 Å². The molecule has 0 fully saturated rings. The van der Waals surface area contributed by atoms with Crippen molar-refractivity contribution in [1.29, 1.82) is 0 Å². The Kier molecular flexibility index (Phi) is 5.69. The molecule has 0 spiro atoms. The van der Waals surface area contributed by atoms with E-state index in [0.29, 0.717) is 22.2 Å². The molecule has 1 N–H and O–H groups in total. The van der Waals surface area contributed by atoms with E-state index in [1.54, 1.807) is 25.3 Å². The van der Waals surface area contributed by atoms with Gasteiger partial charge in [0, 0.05) is 12.7 Å². The van der Waals surface area contributed by atoms with Gasteiger partial charge in [0.15, 0.2) is 0 Å². The number of benzene rings is 2. The van der Waals surface area contributed by atoms with Crippen LogP contribution in [0.4, 0.5) is 0 Å². The topological polar surface area (TPSA) is 38.3 Å². The van der Waals surface area contributed by atoms with Crippen molar-refractivity contribution in [3.8, 4) is 0 Å². The molecule has 0 saturated carbocycles. The molecule has 0 aliphatic heterocycles. The van der Waals surface area contributed by atoms with Crippen LogP contribution in [0.15, 0.2) is 42.5 Å². The first-order chi connectivity index (χ1) is 10.8. The highest BCUT2D eigenvalue weighted by atomic mass is 35.5. The quantitative estimate of drug-likeness (QED) is 0.839. The normalized spacial score (nSPS) is 11.3. The zero-order chi connectivity index (χ0) is 17.0.